The number of ether oxygens (including phenoxy) is 2. The number of hydrogen-bond acceptors (Lipinski definition) is 5. The maximum absolute atomic E-state index is 14.3. The third kappa shape index (κ3) is 3.98. The first-order valence-electron chi connectivity index (χ1n) is 9.19. The summed E-state index contributed by atoms with van der Waals surface area (Å²) in [5.74, 6) is -3.77. The molecule has 0 unspecified atom stereocenters. The van der Waals surface area contributed by atoms with Crippen LogP contribution >= 0.6 is 0 Å². The summed E-state index contributed by atoms with van der Waals surface area (Å²) in [7, 11) is 1.25. The number of rotatable bonds is 5. The van der Waals surface area contributed by atoms with Crippen LogP contribution in [0.25, 0.3) is 0 Å². The van der Waals surface area contributed by atoms with E-state index < -0.39 is 29.6 Å². The minimum atomic E-state index is -1.10. The van der Waals surface area contributed by atoms with E-state index in [1.54, 1.807) is 6.07 Å². The van der Waals surface area contributed by atoms with Crippen molar-refractivity contribution in [3.8, 4) is 5.75 Å². The van der Waals surface area contributed by atoms with Gasteiger partial charge in [-0.3, -0.25) is 14.6 Å². The monoisotopic (exact) mass is 404 g/mol. The van der Waals surface area contributed by atoms with E-state index in [9.17, 15) is 18.4 Å². The summed E-state index contributed by atoms with van der Waals surface area (Å²) in [5.41, 5.74) is 0.972. The van der Waals surface area contributed by atoms with Gasteiger partial charge in [0.25, 0.3) is 5.91 Å². The predicted octanol–water partition coefficient (Wildman–Crippen LogP) is 3.72. The van der Waals surface area contributed by atoms with Crippen molar-refractivity contribution in [1.29, 1.82) is 0 Å². The lowest BCUT2D eigenvalue weighted by atomic mass is 9.82. The van der Waals surface area contributed by atoms with Crippen molar-refractivity contribution >= 4 is 17.4 Å². The largest absolute Gasteiger partial charge is 0.493 e. The van der Waals surface area contributed by atoms with Crippen LogP contribution in [0.15, 0.2) is 30.5 Å². The highest BCUT2D eigenvalue weighted by atomic mass is 19.2. The standard InChI is InChI=1S/C21H22F2N2O4/c1-10-12(3)29-20(17(10)14-5-6-15(22)18(23)19(14)28-4)21(27)25-13-7-8-24-16(9-13)11(2)26/h5-10,12,17,20H,1-4H3,(H,24,25,27)/t10-,12+,17-,20+/m1/s1. The van der Waals surface area contributed by atoms with Crippen molar-refractivity contribution in [1.82, 2.24) is 4.98 Å². The Morgan fingerprint density at radius 1 is 1.21 bits per heavy atom. The number of Topliss-reactive ketones (excluding diaryl/α,β-unsaturated/α-hetero) is 1. The Morgan fingerprint density at radius 3 is 2.59 bits per heavy atom. The molecule has 3 rings (SSSR count). The van der Waals surface area contributed by atoms with Gasteiger partial charge in [0.1, 0.15) is 11.8 Å². The van der Waals surface area contributed by atoms with Gasteiger partial charge < -0.3 is 14.8 Å². The molecule has 0 spiro atoms. The van der Waals surface area contributed by atoms with Crippen molar-refractivity contribution in [3.63, 3.8) is 0 Å². The second-order valence-electron chi connectivity index (χ2n) is 7.11. The molecule has 0 saturated carbocycles. The van der Waals surface area contributed by atoms with Gasteiger partial charge in [0.15, 0.2) is 17.3 Å². The van der Waals surface area contributed by atoms with Gasteiger partial charge in [-0.2, -0.15) is 4.39 Å². The molecule has 6 nitrogen and oxygen atoms in total. The molecule has 154 valence electrons. The Labute approximate surface area is 167 Å². The molecule has 1 aliphatic heterocycles. The van der Waals surface area contributed by atoms with Crippen LogP contribution in [0.5, 0.6) is 5.75 Å². The van der Waals surface area contributed by atoms with Crippen molar-refractivity contribution in [2.24, 2.45) is 5.92 Å². The first-order valence-corrected chi connectivity index (χ1v) is 9.19. The molecule has 0 bridgehead atoms. The van der Waals surface area contributed by atoms with E-state index in [0.717, 1.165) is 6.07 Å². The van der Waals surface area contributed by atoms with E-state index in [0.29, 0.717) is 11.3 Å². The van der Waals surface area contributed by atoms with Crippen LogP contribution in [0.1, 0.15) is 42.7 Å². The second kappa shape index (κ2) is 8.24. The van der Waals surface area contributed by atoms with Gasteiger partial charge in [0, 0.05) is 30.3 Å². The molecule has 1 N–H and O–H groups in total. The Balaban J connectivity index is 1.94. The van der Waals surface area contributed by atoms with Crippen LogP contribution in [-0.2, 0) is 9.53 Å². The number of pyridine rings is 1. The van der Waals surface area contributed by atoms with E-state index in [4.69, 9.17) is 9.47 Å². The molecule has 8 heteroatoms. The number of ketones is 1. The highest BCUT2D eigenvalue weighted by Crippen LogP contribution is 2.44. The molecule has 1 aromatic heterocycles. The van der Waals surface area contributed by atoms with Crippen molar-refractivity contribution in [3.05, 3.63) is 53.4 Å². The summed E-state index contributed by atoms with van der Waals surface area (Å²) in [4.78, 5) is 28.4. The van der Waals surface area contributed by atoms with Gasteiger partial charge in [-0.25, -0.2) is 4.39 Å². The van der Waals surface area contributed by atoms with E-state index in [2.05, 4.69) is 10.3 Å². The number of anilines is 1. The van der Waals surface area contributed by atoms with E-state index in [1.165, 1.54) is 32.4 Å². The second-order valence-corrected chi connectivity index (χ2v) is 7.11. The number of amides is 1. The fourth-order valence-corrected chi connectivity index (χ4v) is 3.61. The molecule has 1 saturated heterocycles. The molecule has 1 aliphatic rings. The molecular weight excluding hydrogens is 382 g/mol. The number of hydrogen-bond donors (Lipinski definition) is 1. The summed E-state index contributed by atoms with van der Waals surface area (Å²) in [6, 6.07) is 5.45. The number of carbonyl (C=O) groups is 2. The predicted molar refractivity (Wildman–Crippen MR) is 102 cm³/mol. The van der Waals surface area contributed by atoms with Gasteiger partial charge >= 0.3 is 0 Å². The average Bonchev–Trinajstić information content (AvgIpc) is 2.99. The maximum atomic E-state index is 14.3. The van der Waals surface area contributed by atoms with E-state index in [1.807, 2.05) is 13.8 Å². The molecule has 1 amide bonds. The molecule has 2 aromatic rings. The van der Waals surface area contributed by atoms with Gasteiger partial charge in [-0.1, -0.05) is 13.0 Å². The molecule has 2 heterocycles. The summed E-state index contributed by atoms with van der Waals surface area (Å²) < 4.78 is 38.9. The number of nitrogens with zero attached hydrogens (tertiary/aromatic N) is 1. The highest BCUT2D eigenvalue weighted by Gasteiger charge is 2.46. The lowest BCUT2D eigenvalue weighted by Gasteiger charge is -2.23. The first kappa shape index (κ1) is 20.9. The zero-order valence-electron chi connectivity index (χ0n) is 16.5. The zero-order valence-corrected chi connectivity index (χ0v) is 16.5. The zero-order chi connectivity index (χ0) is 21.3. The number of methoxy groups -OCH3 is 1. The van der Waals surface area contributed by atoms with E-state index >= 15 is 0 Å². The summed E-state index contributed by atoms with van der Waals surface area (Å²) in [6.45, 7) is 5.07. The Hall–Kier alpha value is -2.87. The molecule has 0 radical (unpaired) electrons. The number of halogens is 2. The van der Waals surface area contributed by atoms with Crippen LogP contribution in [0.4, 0.5) is 14.5 Å². The van der Waals surface area contributed by atoms with Crippen molar-refractivity contribution in [2.45, 2.75) is 38.9 Å². The molecular formula is C21H22F2N2O4. The topological polar surface area (TPSA) is 77.5 Å². The first-order chi connectivity index (χ1) is 13.7. The number of aromatic nitrogens is 1. The summed E-state index contributed by atoms with van der Waals surface area (Å²) in [6.07, 6.45) is 0.176. The lowest BCUT2D eigenvalue weighted by molar-refractivity contribution is -0.127. The average molecular weight is 404 g/mol. The van der Waals surface area contributed by atoms with Crippen LogP contribution in [0, 0.1) is 17.6 Å². The van der Waals surface area contributed by atoms with Gasteiger partial charge in [-0.15, -0.1) is 0 Å². The van der Waals surface area contributed by atoms with E-state index in [-0.39, 0.29) is 29.2 Å². The summed E-state index contributed by atoms with van der Waals surface area (Å²) >= 11 is 0. The highest BCUT2D eigenvalue weighted by molar-refractivity contribution is 5.97. The molecule has 1 fully saturated rings. The number of carbonyl (C=O) groups excluding carboxylic acids is 2. The lowest BCUT2D eigenvalue weighted by Crippen LogP contribution is -2.33. The third-order valence-electron chi connectivity index (χ3n) is 5.28. The Bertz CT molecular complexity index is 950. The minimum absolute atomic E-state index is 0.158. The summed E-state index contributed by atoms with van der Waals surface area (Å²) in [5, 5.41) is 2.72. The Kier molecular flexibility index (Phi) is 5.93. The molecule has 1 aromatic carbocycles. The maximum Gasteiger partial charge on any atom is 0.254 e. The number of benzene rings is 1. The molecule has 0 aliphatic carbocycles. The molecule has 29 heavy (non-hydrogen) atoms. The minimum Gasteiger partial charge on any atom is -0.493 e. The van der Waals surface area contributed by atoms with Crippen molar-refractivity contribution < 1.29 is 27.8 Å². The molecule has 4 atom stereocenters. The van der Waals surface area contributed by atoms with Crippen LogP contribution in [0.2, 0.25) is 0 Å². The van der Waals surface area contributed by atoms with Crippen molar-refractivity contribution in [2.75, 3.05) is 12.4 Å². The van der Waals surface area contributed by atoms with Crippen LogP contribution in [0.3, 0.4) is 0 Å². The van der Waals surface area contributed by atoms with Gasteiger partial charge in [0.05, 0.1) is 13.2 Å². The fraction of sp³-hybridized carbons (Fsp3) is 0.381. The Morgan fingerprint density at radius 2 is 1.93 bits per heavy atom. The normalized spacial score (nSPS) is 23.7. The van der Waals surface area contributed by atoms with Gasteiger partial charge in [-0.05, 0) is 31.0 Å². The quantitative estimate of drug-likeness (QED) is 0.769. The van der Waals surface area contributed by atoms with Crippen LogP contribution < -0.4 is 10.1 Å². The van der Waals surface area contributed by atoms with Crippen LogP contribution in [-0.4, -0.2) is 36.0 Å². The van der Waals surface area contributed by atoms with Gasteiger partial charge in [0.2, 0.25) is 5.82 Å². The SMILES string of the molecule is COc1c([C@H]2[C@H](C)[C@H](C)O[C@@H]2C(=O)Nc2ccnc(C(C)=O)c2)ccc(F)c1F. The third-order valence-corrected chi connectivity index (χ3v) is 5.28. The smallest absolute Gasteiger partial charge is 0.254 e. The number of nitrogens with one attached hydrogen (secondary N) is 1. The fourth-order valence-electron chi connectivity index (χ4n) is 3.61.